The lowest BCUT2D eigenvalue weighted by Crippen LogP contribution is -2.42. The number of pyridine rings is 1. The van der Waals surface area contributed by atoms with Crippen molar-refractivity contribution in [2.45, 2.75) is 44.3 Å². The molecule has 3 aromatic heterocycles. The fourth-order valence-corrected chi connectivity index (χ4v) is 5.97. The van der Waals surface area contributed by atoms with E-state index >= 15 is 0 Å². The molecule has 9 nitrogen and oxygen atoms in total. The molecule has 1 aliphatic carbocycles. The van der Waals surface area contributed by atoms with E-state index in [1.54, 1.807) is 41.3 Å². The lowest BCUT2D eigenvalue weighted by molar-refractivity contribution is -0.140. The highest BCUT2D eigenvalue weighted by Crippen LogP contribution is 2.42. The van der Waals surface area contributed by atoms with Gasteiger partial charge in [-0.1, -0.05) is 13.0 Å². The Kier molecular flexibility index (Phi) is 5.79. The largest absolute Gasteiger partial charge is 0.351 e. The summed E-state index contributed by atoms with van der Waals surface area (Å²) in [5, 5.41) is 18.2. The standard InChI is InChI=1S/C26H23BrF2N8O/c1-25(23(38)36-8-6-26(29,13-30)14-36)5-4-16(11-25)33-24-32-12-18-21(27)35-37(22(18)34-24)17-9-15-3-2-7-31-20(15)19(28)10-17/h2-3,7,9-10,12,16H,4-6,8,11,14H2,1H3,(H,32,33,34)/t16-,25?,26?/m1/s1. The van der Waals surface area contributed by atoms with Gasteiger partial charge < -0.3 is 10.2 Å². The average molecular weight is 581 g/mol. The van der Waals surface area contributed by atoms with E-state index in [4.69, 9.17) is 5.26 Å². The lowest BCUT2D eigenvalue weighted by atomic mass is 9.87. The molecule has 6 rings (SSSR count). The molecular formula is C26H23BrF2N8O. The summed E-state index contributed by atoms with van der Waals surface area (Å²) in [5.74, 6) is -0.218. The van der Waals surface area contributed by atoms with Crippen molar-refractivity contribution in [1.82, 2.24) is 29.6 Å². The molecule has 0 radical (unpaired) electrons. The van der Waals surface area contributed by atoms with E-state index in [0.29, 0.717) is 51.9 Å². The second-order valence-corrected chi connectivity index (χ2v) is 11.1. The van der Waals surface area contributed by atoms with Crippen LogP contribution in [0.1, 0.15) is 32.6 Å². The van der Waals surface area contributed by atoms with Crippen molar-refractivity contribution in [3.63, 3.8) is 0 Å². The Bertz CT molecular complexity index is 1640. The number of anilines is 1. The SMILES string of the molecule is CC1(C(=O)N2CCC(F)(C#N)C2)CC[C@@H](Nc2ncc3c(Br)nn(-c4cc(F)c5ncccc5c4)c3n2)C1. The number of hydrogen-bond acceptors (Lipinski definition) is 7. The fourth-order valence-electron chi connectivity index (χ4n) is 5.53. The van der Waals surface area contributed by atoms with Gasteiger partial charge in [-0.3, -0.25) is 9.78 Å². The Hall–Kier alpha value is -3.72. The van der Waals surface area contributed by atoms with Crippen LogP contribution in [0.5, 0.6) is 0 Å². The maximum Gasteiger partial charge on any atom is 0.228 e. The molecule has 1 aromatic carbocycles. The van der Waals surface area contributed by atoms with Gasteiger partial charge in [0.1, 0.15) is 16.2 Å². The molecule has 4 aromatic rings. The zero-order valence-electron chi connectivity index (χ0n) is 20.5. The number of halogens is 3. The molecule has 194 valence electrons. The van der Waals surface area contributed by atoms with E-state index in [0.717, 1.165) is 0 Å². The van der Waals surface area contributed by atoms with Crippen molar-refractivity contribution < 1.29 is 13.6 Å². The number of nitrogens with zero attached hydrogens (tertiary/aromatic N) is 7. The van der Waals surface area contributed by atoms with Gasteiger partial charge in [-0.25, -0.2) is 18.4 Å². The third kappa shape index (κ3) is 4.15. The van der Waals surface area contributed by atoms with Crippen LogP contribution in [0.3, 0.4) is 0 Å². The van der Waals surface area contributed by atoms with Gasteiger partial charge >= 0.3 is 0 Å². The Labute approximate surface area is 225 Å². The first kappa shape index (κ1) is 24.6. The number of amides is 1. The zero-order valence-corrected chi connectivity index (χ0v) is 22.0. The summed E-state index contributed by atoms with van der Waals surface area (Å²) in [6.07, 6.45) is 5.10. The first-order valence-corrected chi connectivity index (χ1v) is 13.1. The van der Waals surface area contributed by atoms with Gasteiger partial charge in [-0.05, 0) is 47.3 Å². The number of nitrogens with one attached hydrogen (secondary N) is 1. The number of nitriles is 1. The molecule has 2 unspecified atom stereocenters. The van der Waals surface area contributed by atoms with E-state index in [2.05, 4.69) is 41.3 Å². The van der Waals surface area contributed by atoms with Gasteiger partial charge in [0, 0.05) is 48.3 Å². The molecule has 0 bridgehead atoms. The molecule has 0 spiro atoms. The summed E-state index contributed by atoms with van der Waals surface area (Å²) >= 11 is 3.44. The molecule has 2 fully saturated rings. The van der Waals surface area contributed by atoms with Crippen molar-refractivity contribution in [3.8, 4) is 11.8 Å². The van der Waals surface area contributed by atoms with E-state index in [-0.39, 0.29) is 37.0 Å². The minimum absolute atomic E-state index is 0.0434. The molecule has 3 atom stereocenters. The third-order valence-electron chi connectivity index (χ3n) is 7.57. The minimum atomic E-state index is -1.97. The monoisotopic (exact) mass is 580 g/mol. The number of likely N-dealkylation sites (tertiary alicyclic amines) is 1. The minimum Gasteiger partial charge on any atom is -0.351 e. The highest BCUT2D eigenvalue weighted by molar-refractivity contribution is 9.10. The third-order valence-corrected chi connectivity index (χ3v) is 8.15. The van der Waals surface area contributed by atoms with Gasteiger partial charge in [0.25, 0.3) is 0 Å². The van der Waals surface area contributed by atoms with E-state index in [1.807, 2.05) is 6.92 Å². The lowest BCUT2D eigenvalue weighted by Gasteiger charge is -2.29. The first-order chi connectivity index (χ1) is 18.2. The number of carbonyl (C=O) groups excluding carboxylic acids is 1. The maximum atomic E-state index is 14.8. The predicted molar refractivity (Wildman–Crippen MR) is 140 cm³/mol. The number of rotatable bonds is 4. The van der Waals surface area contributed by atoms with Crippen LogP contribution in [0.2, 0.25) is 0 Å². The van der Waals surface area contributed by atoms with E-state index in [1.165, 1.54) is 11.0 Å². The molecule has 1 amide bonds. The Morgan fingerprint density at radius 2 is 2.16 bits per heavy atom. The van der Waals surface area contributed by atoms with Crippen LogP contribution in [0.25, 0.3) is 27.6 Å². The van der Waals surface area contributed by atoms with Crippen LogP contribution >= 0.6 is 15.9 Å². The first-order valence-electron chi connectivity index (χ1n) is 12.3. The molecule has 1 saturated carbocycles. The van der Waals surface area contributed by atoms with Crippen LogP contribution in [0, 0.1) is 22.6 Å². The summed E-state index contributed by atoms with van der Waals surface area (Å²) in [5.41, 5.74) is -1.37. The summed E-state index contributed by atoms with van der Waals surface area (Å²) in [7, 11) is 0. The number of carbonyl (C=O) groups is 1. The second-order valence-electron chi connectivity index (χ2n) is 10.3. The van der Waals surface area contributed by atoms with Crippen LogP contribution in [0.15, 0.2) is 41.3 Å². The smallest absolute Gasteiger partial charge is 0.228 e. The predicted octanol–water partition coefficient (Wildman–Crippen LogP) is 4.70. The quantitative estimate of drug-likeness (QED) is 0.372. The van der Waals surface area contributed by atoms with Crippen LogP contribution in [-0.4, -0.2) is 60.3 Å². The van der Waals surface area contributed by atoms with Gasteiger partial charge in [-0.2, -0.15) is 15.3 Å². The molecule has 1 saturated heterocycles. The van der Waals surface area contributed by atoms with Crippen LogP contribution in [-0.2, 0) is 4.79 Å². The number of alkyl halides is 1. The highest BCUT2D eigenvalue weighted by atomic mass is 79.9. The molecular weight excluding hydrogens is 558 g/mol. The normalized spacial score (nSPS) is 25.2. The van der Waals surface area contributed by atoms with Crippen molar-refractivity contribution >= 4 is 49.7 Å². The maximum absolute atomic E-state index is 14.8. The van der Waals surface area contributed by atoms with Crippen molar-refractivity contribution in [3.05, 3.63) is 47.1 Å². The van der Waals surface area contributed by atoms with Gasteiger partial charge in [0.05, 0.1) is 17.6 Å². The molecule has 1 N–H and O–H groups in total. The molecule has 1 aliphatic heterocycles. The van der Waals surface area contributed by atoms with Gasteiger partial charge in [0.15, 0.2) is 11.5 Å². The van der Waals surface area contributed by atoms with E-state index < -0.39 is 16.9 Å². The number of benzene rings is 1. The summed E-state index contributed by atoms with van der Waals surface area (Å²) in [4.78, 5) is 27.9. The van der Waals surface area contributed by atoms with E-state index in [9.17, 15) is 13.6 Å². The van der Waals surface area contributed by atoms with Crippen LogP contribution < -0.4 is 5.32 Å². The fraction of sp³-hybridized carbons (Fsp3) is 0.385. The van der Waals surface area contributed by atoms with Gasteiger partial charge in [0.2, 0.25) is 17.5 Å². The second kappa shape index (κ2) is 8.94. The molecule has 38 heavy (non-hydrogen) atoms. The number of fused-ring (bicyclic) bond motifs is 2. The van der Waals surface area contributed by atoms with Crippen molar-refractivity contribution in [2.75, 3.05) is 18.4 Å². The Morgan fingerprint density at radius 1 is 1.32 bits per heavy atom. The van der Waals surface area contributed by atoms with Crippen LogP contribution in [0.4, 0.5) is 14.7 Å². The topological polar surface area (TPSA) is 113 Å². The molecule has 2 aliphatic rings. The summed E-state index contributed by atoms with van der Waals surface area (Å²) in [6.45, 7) is 1.96. The van der Waals surface area contributed by atoms with Crippen molar-refractivity contribution in [2.24, 2.45) is 5.41 Å². The van der Waals surface area contributed by atoms with Gasteiger partial charge in [-0.15, -0.1) is 0 Å². The molecule has 12 heteroatoms. The Morgan fingerprint density at radius 3 is 2.95 bits per heavy atom. The highest BCUT2D eigenvalue weighted by Gasteiger charge is 2.48. The molecule has 4 heterocycles. The Balaban J connectivity index is 1.24. The average Bonchev–Trinajstić information content (AvgIpc) is 3.59. The summed E-state index contributed by atoms with van der Waals surface area (Å²) < 4.78 is 31.2. The zero-order chi connectivity index (χ0) is 26.7. The van der Waals surface area contributed by atoms with Crippen molar-refractivity contribution in [1.29, 1.82) is 5.26 Å². The summed E-state index contributed by atoms with van der Waals surface area (Å²) in [6, 6.07) is 8.31. The number of hydrogen-bond donors (Lipinski definition) is 1. The number of aromatic nitrogens is 5.